The quantitative estimate of drug-likeness (QED) is 0.361. The average molecular weight is 473 g/mol. The number of aromatic hydroxyl groups is 1. The van der Waals surface area contributed by atoms with Gasteiger partial charge in [0.25, 0.3) is 0 Å². The standard InChI is InChI=1S/C20H15Br2N3O/c1-2-25-18-10-16(22)15(21)9-17(18)24-20(25)23-11-13-8-7-12-5-3-4-6-14(12)19(13)26/h3-11,26H,2H2,1H3. The van der Waals surface area contributed by atoms with Crippen molar-refractivity contribution in [1.82, 2.24) is 9.55 Å². The Morgan fingerprint density at radius 2 is 1.88 bits per heavy atom. The number of imidazole rings is 1. The van der Waals surface area contributed by atoms with E-state index in [1.807, 2.05) is 53.1 Å². The van der Waals surface area contributed by atoms with Crippen LogP contribution in [0.1, 0.15) is 12.5 Å². The van der Waals surface area contributed by atoms with Gasteiger partial charge in [0.1, 0.15) is 5.75 Å². The summed E-state index contributed by atoms with van der Waals surface area (Å²) < 4.78 is 3.97. The molecule has 1 N–H and O–H groups in total. The van der Waals surface area contributed by atoms with Crippen LogP contribution in [0.15, 0.2) is 62.5 Å². The fourth-order valence-corrected chi connectivity index (χ4v) is 3.68. The molecular formula is C20H15Br2N3O. The summed E-state index contributed by atoms with van der Waals surface area (Å²) in [5.74, 6) is 0.844. The molecule has 0 saturated heterocycles. The third kappa shape index (κ3) is 2.93. The van der Waals surface area contributed by atoms with Gasteiger partial charge < -0.3 is 9.67 Å². The molecule has 0 unspecified atom stereocenters. The van der Waals surface area contributed by atoms with E-state index in [0.717, 1.165) is 37.3 Å². The van der Waals surface area contributed by atoms with E-state index < -0.39 is 0 Å². The number of fused-ring (bicyclic) bond motifs is 2. The van der Waals surface area contributed by atoms with Crippen molar-refractivity contribution >= 4 is 65.8 Å². The van der Waals surface area contributed by atoms with Crippen molar-refractivity contribution in [3.63, 3.8) is 0 Å². The normalized spacial score (nSPS) is 11.8. The van der Waals surface area contributed by atoms with Crippen molar-refractivity contribution in [2.24, 2.45) is 4.99 Å². The van der Waals surface area contributed by atoms with E-state index >= 15 is 0 Å². The fourth-order valence-electron chi connectivity index (χ4n) is 3.02. The zero-order chi connectivity index (χ0) is 18.3. The molecule has 6 heteroatoms. The first kappa shape index (κ1) is 17.2. The summed E-state index contributed by atoms with van der Waals surface area (Å²) in [5.41, 5.74) is 2.55. The van der Waals surface area contributed by atoms with Gasteiger partial charge in [0.05, 0.1) is 11.0 Å². The first-order valence-electron chi connectivity index (χ1n) is 8.18. The maximum absolute atomic E-state index is 10.5. The first-order valence-corrected chi connectivity index (χ1v) is 9.77. The van der Waals surface area contributed by atoms with Crippen molar-refractivity contribution in [2.75, 3.05) is 0 Å². The summed E-state index contributed by atoms with van der Waals surface area (Å²) in [6, 6.07) is 15.6. The highest BCUT2D eigenvalue weighted by Crippen LogP contribution is 2.32. The third-order valence-corrected chi connectivity index (χ3v) is 6.18. The highest BCUT2D eigenvalue weighted by molar-refractivity contribution is 9.13. The number of hydrogen-bond donors (Lipinski definition) is 1. The summed E-state index contributed by atoms with van der Waals surface area (Å²) in [6.07, 6.45) is 1.67. The van der Waals surface area contributed by atoms with Gasteiger partial charge in [-0.3, -0.25) is 0 Å². The van der Waals surface area contributed by atoms with Gasteiger partial charge >= 0.3 is 0 Å². The van der Waals surface area contributed by atoms with Crippen LogP contribution in [-0.2, 0) is 6.54 Å². The smallest absolute Gasteiger partial charge is 0.230 e. The van der Waals surface area contributed by atoms with Crippen molar-refractivity contribution in [3.05, 3.63) is 63.0 Å². The SMILES string of the molecule is CCn1c(N=Cc2ccc3ccccc3c2O)nc2cc(Br)c(Br)cc21. The Hall–Kier alpha value is -2.18. The molecule has 4 nitrogen and oxygen atoms in total. The lowest BCUT2D eigenvalue weighted by atomic mass is 10.1. The maximum Gasteiger partial charge on any atom is 0.230 e. The number of phenols is 1. The number of hydrogen-bond acceptors (Lipinski definition) is 3. The molecule has 0 aliphatic carbocycles. The lowest BCUT2D eigenvalue weighted by molar-refractivity contribution is 0.481. The summed E-state index contributed by atoms with van der Waals surface area (Å²) in [6.45, 7) is 2.81. The Morgan fingerprint density at radius 1 is 1.12 bits per heavy atom. The van der Waals surface area contributed by atoms with Crippen LogP contribution in [0.4, 0.5) is 5.95 Å². The lowest BCUT2D eigenvalue weighted by Gasteiger charge is -2.05. The number of aliphatic imine (C=N–C) groups is 1. The summed E-state index contributed by atoms with van der Waals surface area (Å²) in [4.78, 5) is 9.17. The lowest BCUT2D eigenvalue weighted by Crippen LogP contribution is -1.94. The number of aryl methyl sites for hydroxylation is 1. The molecule has 3 aromatic carbocycles. The molecule has 1 aromatic heterocycles. The fraction of sp³-hybridized carbons (Fsp3) is 0.100. The molecule has 0 saturated carbocycles. The van der Waals surface area contributed by atoms with Crippen LogP contribution in [0, 0.1) is 0 Å². The number of benzene rings is 3. The minimum absolute atomic E-state index is 0.233. The van der Waals surface area contributed by atoms with Gasteiger partial charge in [-0.25, -0.2) is 9.98 Å². The Balaban J connectivity index is 1.81. The maximum atomic E-state index is 10.5. The van der Waals surface area contributed by atoms with E-state index in [2.05, 4.69) is 48.8 Å². The highest BCUT2D eigenvalue weighted by Gasteiger charge is 2.11. The Morgan fingerprint density at radius 3 is 2.69 bits per heavy atom. The predicted octanol–water partition coefficient (Wildman–Crippen LogP) is 6.19. The molecule has 0 atom stereocenters. The number of nitrogens with zero attached hydrogens (tertiary/aromatic N) is 3. The van der Waals surface area contributed by atoms with Crippen molar-refractivity contribution < 1.29 is 5.11 Å². The van der Waals surface area contributed by atoms with Gasteiger partial charge in [0.15, 0.2) is 0 Å². The van der Waals surface area contributed by atoms with Gasteiger partial charge in [-0.05, 0) is 62.4 Å². The minimum Gasteiger partial charge on any atom is -0.507 e. The number of rotatable bonds is 3. The monoisotopic (exact) mass is 471 g/mol. The molecule has 0 radical (unpaired) electrons. The highest BCUT2D eigenvalue weighted by atomic mass is 79.9. The Bertz CT molecular complexity index is 1160. The molecule has 26 heavy (non-hydrogen) atoms. The molecule has 0 fully saturated rings. The molecule has 0 spiro atoms. The molecule has 0 aliphatic heterocycles. The van der Waals surface area contributed by atoms with Gasteiger partial charge in [-0.1, -0.05) is 30.3 Å². The van der Waals surface area contributed by atoms with E-state index in [4.69, 9.17) is 0 Å². The average Bonchev–Trinajstić information content (AvgIpc) is 2.98. The zero-order valence-corrected chi connectivity index (χ0v) is 17.1. The van der Waals surface area contributed by atoms with Crippen LogP contribution < -0.4 is 0 Å². The van der Waals surface area contributed by atoms with Crippen LogP contribution in [0.25, 0.3) is 21.8 Å². The first-order chi connectivity index (χ1) is 12.6. The van der Waals surface area contributed by atoms with Gasteiger partial charge in [0.2, 0.25) is 5.95 Å². The van der Waals surface area contributed by atoms with Crippen molar-refractivity contribution in [3.8, 4) is 5.75 Å². The summed E-state index contributed by atoms with van der Waals surface area (Å²) in [7, 11) is 0. The van der Waals surface area contributed by atoms with E-state index in [1.165, 1.54) is 0 Å². The Labute approximate surface area is 167 Å². The van der Waals surface area contributed by atoms with Crippen LogP contribution in [0.2, 0.25) is 0 Å². The van der Waals surface area contributed by atoms with Gasteiger partial charge in [-0.2, -0.15) is 0 Å². The van der Waals surface area contributed by atoms with E-state index in [0.29, 0.717) is 11.5 Å². The van der Waals surface area contributed by atoms with Crippen molar-refractivity contribution in [2.45, 2.75) is 13.5 Å². The molecule has 0 amide bonds. The third-order valence-electron chi connectivity index (χ3n) is 4.34. The van der Waals surface area contributed by atoms with Gasteiger partial charge in [0, 0.05) is 32.7 Å². The second-order valence-corrected chi connectivity index (χ2v) is 7.60. The van der Waals surface area contributed by atoms with Crippen LogP contribution in [0.3, 0.4) is 0 Å². The van der Waals surface area contributed by atoms with Crippen molar-refractivity contribution in [1.29, 1.82) is 0 Å². The molecule has 4 aromatic rings. The molecule has 0 bridgehead atoms. The van der Waals surface area contributed by atoms with E-state index in [1.54, 1.807) is 6.21 Å². The second-order valence-electron chi connectivity index (χ2n) is 5.89. The molecular weight excluding hydrogens is 458 g/mol. The number of phenolic OH excluding ortho intramolecular Hbond substituents is 1. The zero-order valence-electron chi connectivity index (χ0n) is 13.9. The predicted molar refractivity (Wildman–Crippen MR) is 114 cm³/mol. The molecule has 0 aliphatic rings. The van der Waals surface area contributed by atoms with Crippen LogP contribution >= 0.6 is 31.9 Å². The van der Waals surface area contributed by atoms with E-state index in [9.17, 15) is 5.11 Å². The topological polar surface area (TPSA) is 50.4 Å². The molecule has 4 rings (SSSR count). The summed E-state index contributed by atoms with van der Waals surface area (Å²) >= 11 is 7.05. The van der Waals surface area contributed by atoms with E-state index in [-0.39, 0.29) is 5.75 Å². The van der Waals surface area contributed by atoms with Crippen LogP contribution in [0.5, 0.6) is 5.75 Å². The molecule has 1 heterocycles. The minimum atomic E-state index is 0.233. The largest absolute Gasteiger partial charge is 0.507 e. The van der Waals surface area contributed by atoms with Crippen LogP contribution in [-0.4, -0.2) is 20.9 Å². The number of halogens is 2. The summed E-state index contributed by atoms with van der Waals surface area (Å²) in [5, 5.41) is 12.3. The number of aromatic nitrogens is 2. The van der Waals surface area contributed by atoms with Gasteiger partial charge in [-0.15, -0.1) is 0 Å². The Kier molecular flexibility index (Phi) is 4.54. The second kappa shape index (κ2) is 6.85. The molecule has 130 valence electrons.